The maximum Gasteiger partial charge on any atom is 0.249 e. The molecule has 0 aromatic rings. The van der Waals surface area contributed by atoms with Gasteiger partial charge in [0.25, 0.3) is 0 Å². The van der Waals surface area contributed by atoms with Crippen molar-refractivity contribution < 1.29 is 27.6 Å². The quantitative estimate of drug-likeness (QED) is 0.462. The van der Waals surface area contributed by atoms with Gasteiger partial charge in [-0.15, -0.1) is 11.6 Å². The molecule has 2 saturated heterocycles. The largest absolute Gasteiger partial charge is 0.295 e. The number of hydrogen-bond acceptors (Lipinski definition) is 6. The molecular weight excluding hydrogens is 434 g/mol. The lowest BCUT2D eigenvalue weighted by Gasteiger charge is -2.32. The first-order chi connectivity index (χ1) is 14.2. The molecule has 2 aliphatic heterocycles. The fourth-order valence-corrected chi connectivity index (χ4v) is 7.81. The topological polar surface area (TPSA) is 130 Å². The number of likely N-dealkylation sites (tertiary alicyclic amines) is 1. The van der Waals surface area contributed by atoms with Crippen molar-refractivity contribution in [3.8, 4) is 0 Å². The van der Waals surface area contributed by atoms with Crippen LogP contribution in [0, 0.1) is 11.8 Å². The van der Waals surface area contributed by atoms with Crippen molar-refractivity contribution in [3.05, 3.63) is 0 Å². The number of halogens is 1. The first kappa shape index (κ1) is 21.7. The summed E-state index contributed by atoms with van der Waals surface area (Å²) in [5, 5.41) is 1.11. The second-order valence-corrected chi connectivity index (χ2v) is 11.2. The molecule has 6 unspecified atom stereocenters. The average molecular weight is 460 g/mol. The first-order valence-corrected chi connectivity index (χ1v) is 12.5. The van der Waals surface area contributed by atoms with Crippen LogP contribution >= 0.6 is 11.6 Å². The summed E-state index contributed by atoms with van der Waals surface area (Å²) in [6.07, 6.45) is 4.15. The van der Waals surface area contributed by atoms with Gasteiger partial charge in [-0.25, -0.2) is 13.1 Å². The van der Waals surface area contributed by atoms with E-state index in [0.29, 0.717) is 25.7 Å². The fourth-order valence-electron chi connectivity index (χ4n) is 5.27. The molecule has 2 heterocycles. The molecule has 30 heavy (non-hydrogen) atoms. The minimum Gasteiger partial charge on any atom is -0.295 e. The highest BCUT2D eigenvalue weighted by molar-refractivity contribution is 7.90. The van der Waals surface area contributed by atoms with Crippen molar-refractivity contribution in [1.82, 2.24) is 14.9 Å². The summed E-state index contributed by atoms with van der Waals surface area (Å²) >= 11 is 6.26. The molecule has 0 aromatic carbocycles. The van der Waals surface area contributed by atoms with Crippen LogP contribution in [0.15, 0.2) is 0 Å². The number of nitrogens with zero attached hydrogens (tertiary/aromatic N) is 1. The summed E-state index contributed by atoms with van der Waals surface area (Å²) in [5.41, 5.74) is 0. The number of imide groups is 2. The van der Waals surface area contributed by atoms with Crippen LogP contribution in [0.2, 0.25) is 0 Å². The first-order valence-electron chi connectivity index (χ1n) is 10.5. The molecule has 166 valence electrons. The number of carbonyl (C=O) groups is 4. The highest BCUT2D eigenvalue weighted by Crippen LogP contribution is 2.40. The third-order valence-corrected chi connectivity index (χ3v) is 9.53. The van der Waals surface area contributed by atoms with Crippen molar-refractivity contribution in [2.75, 3.05) is 0 Å². The lowest BCUT2D eigenvalue weighted by atomic mass is 9.79. The molecule has 2 aliphatic carbocycles. The zero-order chi connectivity index (χ0) is 21.6. The van der Waals surface area contributed by atoms with Gasteiger partial charge in [0.1, 0.15) is 6.04 Å². The molecule has 0 spiro atoms. The molecule has 0 aromatic heterocycles. The number of hydrogen-bond donors (Lipinski definition) is 2. The van der Waals surface area contributed by atoms with Crippen LogP contribution in [-0.2, 0) is 29.2 Å². The third-order valence-electron chi connectivity index (χ3n) is 6.83. The lowest BCUT2D eigenvalue weighted by Crippen LogP contribution is -2.54. The van der Waals surface area contributed by atoms with Crippen molar-refractivity contribution in [3.63, 3.8) is 0 Å². The molecule has 4 rings (SSSR count). The molecule has 9 nitrogen and oxygen atoms in total. The van der Waals surface area contributed by atoms with E-state index in [1.165, 1.54) is 0 Å². The summed E-state index contributed by atoms with van der Waals surface area (Å²) in [7, 11) is -3.63. The van der Waals surface area contributed by atoms with Crippen LogP contribution in [-0.4, -0.2) is 59.7 Å². The summed E-state index contributed by atoms with van der Waals surface area (Å²) in [4.78, 5) is 50.4. The Kier molecular flexibility index (Phi) is 5.93. The number of carbonyl (C=O) groups excluding carboxylic acids is 4. The summed E-state index contributed by atoms with van der Waals surface area (Å²) in [6, 6.07) is -1.41. The Morgan fingerprint density at radius 1 is 0.933 bits per heavy atom. The van der Waals surface area contributed by atoms with E-state index in [1.807, 2.05) is 0 Å². The number of rotatable bonds is 4. The Morgan fingerprint density at radius 2 is 1.63 bits per heavy atom. The van der Waals surface area contributed by atoms with Crippen molar-refractivity contribution >= 4 is 45.3 Å². The predicted octanol–water partition coefficient (Wildman–Crippen LogP) is 0.415. The summed E-state index contributed by atoms with van der Waals surface area (Å²) in [5.74, 6) is -3.08. The molecule has 2 saturated carbocycles. The molecule has 4 amide bonds. The molecular formula is C19H26ClN3O6S. The van der Waals surface area contributed by atoms with Gasteiger partial charge in [0, 0.05) is 12.5 Å². The Morgan fingerprint density at radius 3 is 2.33 bits per heavy atom. The Balaban J connectivity index is 1.45. The Labute approximate surface area is 180 Å². The monoisotopic (exact) mass is 459 g/mol. The van der Waals surface area contributed by atoms with E-state index in [9.17, 15) is 27.6 Å². The van der Waals surface area contributed by atoms with Gasteiger partial charge in [0.15, 0.2) is 0 Å². The van der Waals surface area contributed by atoms with E-state index in [1.54, 1.807) is 0 Å². The van der Waals surface area contributed by atoms with E-state index >= 15 is 0 Å². The van der Waals surface area contributed by atoms with Crippen LogP contribution in [0.3, 0.4) is 0 Å². The number of nitrogens with one attached hydrogen (secondary N) is 2. The second kappa shape index (κ2) is 8.20. The molecule has 4 fully saturated rings. The minimum atomic E-state index is -3.63. The molecule has 11 heteroatoms. The van der Waals surface area contributed by atoms with Crippen molar-refractivity contribution in [2.24, 2.45) is 11.8 Å². The van der Waals surface area contributed by atoms with Gasteiger partial charge in [-0.3, -0.25) is 29.4 Å². The van der Waals surface area contributed by atoms with Gasteiger partial charge >= 0.3 is 0 Å². The van der Waals surface area contributed by atoms with Crippen molar-refractivity contribution in [1.29, 1.82) is 0 Å². The van der Waals surface area contributed by atoms with Crippen LogP contribution in [0.25, 0.3) is 0 Å². The predicted molar refractivity (Wildman–Crippen MR) is 107 cm³/mol. The van der Waals surface area contributed by atoms with Crippen LogP contribution in [0.1, 0.15) is 57.8 Å². The smallest absolute Gasteiger partial charge is 0.249 e. The fraction of sp³-hybridized carbons (Fsp3) is 0.789. The van der Waals surface area contributed by atoms with Crippen LogP contribution < -0.4 is 10.0 Å². The maximum absolute atomic E-state index is 13.0. The van der Waals surface area contributed by atoms with Gasteiger partial charge in [0.05, 0.1) is 22.5 Å². The maximum atomic E-state index is 13.0. The van der Waals surface area contributed by atoms with Gasteiger partial charge in [-0.05, 0) is 38.5 Å². The second-order valence-electron chi connectivity index (χ2n) is 8.74. The number of alkyl halides is 1. The van der Waals surface area contributed by atoms with Crippen LogP contribution in [0.5, 0.6) is 0 Å². The van der Waals surface area contributed by atoms with Gasteiger partial charge in [-0.2, -0.15) is 0 Å². The van der Waals surface area contributed by atoms with Crippen molar-refractivity contribution in [2.45, 2.75) is 80.5 Å². The van der Waals surface area contributed by atoms with E-state index < -0.39 is 68.2 Å². The van der Waals surface area contributed by atoms with E-state index in [4.69, 9.17) is 11.6 Å². The normalized spacial score (nSPS) is 37.8. The minimum absolute atomic E-state index is 0.0756. The molecule has 2 N–H and O–H groups in total. The zero-order valence-electron chi connectivity index (χ0n) is 16.5. The average Bonchev–Trinajstić information content (AvgIpc) is 2.92. The highest BCUT2D eigenvalue weighted by Gasteiger charge is 2.54. The van der Waals surface area contributed by atoms with Gasteiger partial charge in [-0.1, -0.05) is 12.8 Å². The Bertz CT molecular complexity index is 877. The zero-order valence-corrected chi connectivity index (χ0v) is 18.1. The van der Waals surface area contributed by atoms with E-state index in [0.717, 1.165) is 17.7 Å². The molecule has 6 atom stereocenters. The van der Waals surface area contributed by atoms with Gasteiger partial charge < -0.3 is 0 Å². The number of fused-ring (bicyclic) bond motifs is 1. The van der Waals surface area contributed by atoms with Gasteiger partial charge in [0.2, 0.25) is 33.7 Å². The van der Waals surface area contributed by atoms with Crippen LogP contribution in [0.4, 0.5) is 0 Å². The van der Waals surface area contributed by atoms with E-state index in [-0.39, 0.29) is 19.3 Å². The number of sulfonamides is 1. The SMILES string of the molecule is O=C1CCC(N2C(=O)C3CCC(NS(=O)(=O)C4CCCCC4Cl)CC3C2=O)C(=O)N1. The molecule has 4 aliphatic rings. The molecule has 0 bridgehead atoms. The highest BCUT2D eigenvalue weighted by atomic mass is 35.5. The summed E-state index contributed by atoms with van der Waals surface area (Å²) in [6.45, 7) is 0. The molecule has 0 radical (unpaired) electrons. The summed E-state index contributed by atoms with van der Waals surface area (Å²) < 4.78 is 28.4. The number of amides is 4. The third kappa shape index (κ3) is 3.89. The number of piperidine rings is 1. The lowest BCUT2D eigenvalue weighted by molar-refractivity contribution is -0.151. The van der Waals surface area contributed by atoms with E-state index in [2.05, 4.69) is 10.0 Å². The Hall–Kier alpha value is -1.52. The standard InChI is InChI=1S/C19H26ClN3O6S/c20-13-3-1-2-4-15(13)30(28,29)22-10-5-6-11-12(9-10)19(27)23(18(11)26)14-7-8-16(24)21-17(14)25/h10-15,22H,1-9H2,(H,21,24,25).